The average molecular weight is 595 g/mol. The van der Waals surface area contributed by atoms with Crippen molar-refractivity contribution in [2.24, 2.45) is 0 Å². The van der Waals surface area contributed by atoms with Gasteiger partial charge in [0.25, 0.3) is 0 Å². The lowest BCUT2D eigenvalue weighted by molar-refractivity contribution is 0.477. The van der Waals surface area contributed by atoms with E-state index in [1.54, 1.807) is 0 Å². The minimum Gasteiger partial charge on any atom is -0.455 e. The highest BCUT2D eigenvalue weighted by Crippen LogP contribution is 2.42. The standard InChI is InChI=1S/C44H50O/c1-3-5-7-9-11-13-19-33-25-27-39-29-35-21-15-17-23-37(35)31-41(39)43(33)45-44-34(20-14-12-10-8-6-4-2)26-28-40-30-36-22-16-18-24-38(36)32-42(40)44/h15-18,21-32H,3-14,19-20H2,1-2H3. The van der Waals surface area contributed by atoms with Crippen LogP contribution in [0, 0.1) is 0 Å². The summed E-state index contributed by atoms with van der Waals surface area (Å²) in [5.74, 6) is 2.10. The van der Waals surface area contributed by atoms with E-state index >= 15 is 0 Å². The molecule has 0 N–H and O–H groups in total. The zero-order chi connectivity index (χ0) is 30.8. The summed E-state index contributed by atoms with van der Waals surface area (Å²) in [6.07, 6.45) is 17.6. The lowest BCUT2D eigenvalue weighted by Crippen LogP contribution is -1.99. The lowest BCUT2D eigenvalue weighted by Gasteiger charge is -2.20. The third-order valence-electron chi connectivity index (χ3n) is 9.64. The van der Waals surface area contributed by atoms with Crippen LogP contribution in [0.5, 0.6) is 11.5 Å². The van der Waals surface area contributed by atoms with Gasteiger partial charge in [0.15, 0.2) is 0 Å². The molecule has 0 aliphatic carbocycles. The van der Waals surface area contributed by atoms with Crippen LogP contribution in [0.4, 0.5) is 0 Å². The van der Waals surface area contributed by atoms with Gasteiger partial charge in [0.1, 0.15) is 11.5 Å². The molecule has 232 valence electrons. The number of rotatable bonds is 16. The zero-order valence-electron chi connectivity index (χ0n) is 27.5. The largest absolute Gasteiger partial charge is 0.455 e. The fourth-order valence-electron chi connectivity index (χ4n) is 6.99. The Bertz CT molecular complexity index is 1730. The summed E-state index contributed by atoms with van der Waals surface area (Å²) in [7, 11) is 0. The first kappa shape index (κ1) is 31.2. The normalized spacial score (nSPS) is 11.7. The minimum atomic E-state index is 1.05. The maximum atomic E-state index is 7.36. The van der Waals surface area contributed by atoms with Crippen molar-refractivity contribution in [2.75, 3.05) is 0 Å². The lowest BCUT2D eigenvalue weighted by atomic mass is 9.96. The molecular formula is C44H50O. The molecule has 0 aliphatic rings. The van der Waals surface area contributed by atoms with Crippen LogP contribution in [-0.4, -0.2) is 0 Å². The van der Waals surface area contributed by atoms with Crippen LogP contribution in [0.25, 0.3) is 43.1 Å². The average Bonchev–Trinajstić information content (AvgIpc) is 3.07. The predicted octanol–water partition coefficient (Wildman–Crippen LogP) is 13.9. The Hall–Kier alpha value is -3.84. The van der Waals surface area contributed by atoms with E-state index in [0.29, 0.717) is 0 Å². The summed E-state index contributed by atoms with van der Waals surface area (Å²) in [5, 5.41) is 10.0. The van der Waals surface area contributed by atoms with Crippen LogP contribution < -0.4 is 4.74 Å². The summed E-state index contributed by atoms with van der Waals surface area (Å²) >= 11 is 0. The Labute approximate surface area is 270 Å². The van der Waals surface area contributed by atoms with Crippen molar-refractivity contribution >= 4 is 43.1 Å². The summed E-state index contributed by atoms with van der Waals surface area (Å²) in [6.45, 7) is 4.58. The Balaban J connectivity index is 1.43. The van der Waals surface area contributed by atoms with Gasteiger partial charge < -0.3 is 4.74 Å². The number of hydrogen-bond acceptors (Lipinski definition) is 1. The van der Waals surface area contributed by atoms with Crippen LogP contribution in [0.1, 0.15) is 102 Å². The molecule has 1 nitrogen and oxygen atoms in total. The second kappa shape index (κ2) is 15.4. The summed E-state index contributed by atoms with van der Waals surface area (Å²) in [5.41, 5.74) is 2.66. The molecule has 0 atom stereocenters. The molecule has 0 amide bonds. The van der Waals surface area contributed by atoms with Crippen molar-refractivity contribution in [1.82, 2.24) is 0 Å². The second-order valence-corrected chi connectivity index (χ2v) is 13.1. The van der Waals surface area contributed by atoms with E-state index in [4.69, 9.17) is 4.74 Å². The quantitative estimate of drug-likeness (QED) is 0.0800. The third kappa shape index (κ3) is 7.52. The summed E-state index contributed by atoms with van der Waals surface area (Å²) < 4.78 is 7.36. The van der Waals surface area contributed by atoms with Gasteiger partial charge in [-0.15, -0.1) is 0 Å². The topological polar surface area (TPSA) is 9.23 Å². The smallest absolute Gasteiger partial charge is 0.138 e. The SMILES string of the molecule is CCCCCCCCc1ccc2cc3ccccc3cc2c1Oc1c(CCCCCCCC)ccc2cc3ccccc3cc12. The molecule has 0 saturated carbocycles. The maximum absolute atomic E-state index is 7.36. The van der Waals surface area contributed by atoms with Crippen molar-refractivity contribution in [3.63, 3.8) is 0 Å². The molecular weight excluding hydrogens is 544 g/mol. The zero-order valence-corrected chi connectivity index (χ0v) is 27.5. The number of aryl methyl sites for hydroxylation is 2. The molecule has 6 rings (SSSR count). The fraction of sp³-hybridized carbons (Fsp3) is 0.364. The molecule has 0 heterocycles. The molecule has 6 aromatic rings. The number of benzene rings is 6. The van der Waals surface area contributed by atoms with Gasteiger partial charge in [0.2, 0.25) is 0 Å². The molecule has 6 aromatic carbocycles. The van der Waals surface area contributed by atoms with E-state index in [2.05, 4.69) is 111 Å². The Kier molecular flexibility index (Phi) is 10.7. The van der Waals surface area contributed by atoms with Gasteiger partial charge >= 0.3 is 0 Å². The highest BCUT2D eigenvalue weighted by atomic mass is 16.5. The van der Waals surface area contributed by atoms with Crippen molar-refractivity contribution in [3.8, 4) is 11.5 Å². The van der Waals surface area contributed by atoms with Gasteiger partial charge in [-0.3, -0.25) is 0 Å². The van der Waals surface area contributed by atoms with Crippen LogP contribution >= 0.6 is 0 Å². The van der Waals surface area contributed by atoms with Gasteiger partial charge in [-0.2, -0.15) is 0 Å². The highest BCUT2D eigenvalue weighted by Gasteiger charge is 2.17. The van der Waals surface area contributed by atoms with Gasteiger partial charge in [-0.05, 0) is 93.4 Å². The molecule has 0 spiro atoms. The number of ether oxygens (including phenoxy) is 1. The Morgan fingerprint density at radius 2 is 0.756 bits per heavy atom. The van der Waals surface area contributed by atoms with E-state index in [9.17, 15) is 0 Å². The van der Waals surface area contributed by atoms with Crippen LogP contribution in [0.2, 0.25) is 0 Å². The van der Waals surface area contributed by atoms with E-state index in [1.165, 1.54) is 131 Å². The van der Waals surface area contributed by atoms with Crippen LogP contribution in [0.3, 0.4) is 0 Å². The Morgan fingerprint density at radius 3 is 1.18 bits per heavy atom. The third-order valence-corrected chi connectivity index (χ3v) is 9.64. The number of hydrogen-bond donors (Lipinski definition) is 0. The number of unbranched alkanes of at least 4 members (excludes halogenated alkanes) is 10. The van der Waals surface area contributed by atoms with Gasteiger partial charge in [-0.25, -0.2) is 0 Å². The first-order chi connectivity index (χ1) is 22.2. The molecule has 0 aromatic heterocycles. The predicted molar refractivity (Wildman–Crippen MR) is 197 cm³/mol. The highest BCUT2D eigenvalue weighted by molar-refractivity contribution is 6.03. The van der Waals surface area contributed by atoms with E-state index < -0.39 is 0 Å². The molecule has 0 unspecified atom stereocenters. The second-order valence-electron chi connectivity index (χ2n) is 13.1. The minimum absolute atomic E-state index is 1.05. The van der Waals surface area contributed by atoms with Crippen LogP contribution in [0.15, 0.2) is 97.1 Å². The van der Waals surface area contributed by atoms with Crippen molar-refractivity contribution < 1.29 is 4.74 Å². The monoisotopic (exact) mass is 594 g/mol. The van der Waals surface area contributed by atoms with Gasteiger partial charge in [-0.1, -0.05) is 151 Å². The van der Waals surface area contributed by atoms with E-state index in [0.717, 1.165) is 24.3 Å². The maximum Gasteiger partial charge on any atom is 0.138 e. The molecule has 0 bridgehead atoms. The molecule has 0 saturated heterocycles. The molecule has 0 fully saturated rings. The first-order valence-electron chi connectivity index (χ1n) is 17.8. The fourth-order valence-corrected chi connectivity index (χ4v) is 6.99. The summed E-state index contributed by atoms with van der Waals surface area (Å²) in [4.78, 5) is 0. The van der Waals surface area contributed by atoms with E-state index in [-0.39, 0.29) is 0 Å². The molecule has 0 radical (unpaired) electrons. The van der Waals surface area contributed by atoms with Crippen molar-refractivity contribution in [1.29, 1.82) is 0 Å². The van der Waals surface area contributed by atoms with Gasteiger partial charge in [0, 0.05) is 10.8 Å². The van der Waals surface area contributed by atoms with Crippen LogP contribution in [-0.2, 0) is 12.8 Å². The van der Waals surface area contributed by atoms with Crippen molar-refractivity contribution in [3.05, 3.63) is 108 Å². The Morgan fingerprint density at radius 1 is 0.378 bits per heavy atom. The van der Waals surface area contributed by atoms with Gasteiger partial charge in [0.05, 0.1) is 0 Å². The molecule has 45 heavy (non-hydrogen) atoms. The first-order valence-corrected chi connectivity index (χ1v) is 17.8. The van der Waals surface area contributed by atoms with Crippen molar-refractivity contribution in [2.45, 2.75) is 104 Å². The molecule has 1 heteroatoms. The van der Waals surface area contributed by atoms with E-state index in [1.807, 2.05) is 0 Å². The summed E-state index contributed by atoms with van der Waals surface area (Å²) in [6, 6.07) is 36.1. The molecule has 0 aliphatic heterocycles. The number of fused-ring (bicyclic) bond motifs is 4.